The predicted molar refractivity (Wildman–Crippen MR) is 109 cm³/mol. The molecule has 0 saturated carbocycles. The van der Waals surface area contributed by atoms with Gasteiger partial charge in [0.2, 0.25) is 0 Å². The highest BCUT2D eigenvalue weighted by molar-refractivity contribution is 6.09. The molecule has 144 valence electrons. The van der Waals surface area contributed by atoms with Crippen molar-refractivity contribution >= 4 is 23.4 Å². The molecule has 2 aromatic carbocycles. The van der Waals surface area contributed by atoms with E-state index in [-0.39, 0.29) is 11.3 Å². The van der Waals surface area contributed by atoms with Crippen molar-refractivity contribution in [3.8, 4) is 17.4 Å². The highest BCUT2D eigenvalue weighted by atomic mass is 16.6. The molecular formula is C22H17N3O4. The van der Waals surface area contributed by atoms with Crippen molar-refractivity contribution in [1.82, 2.24) is 0 Å². The third-order valence-corrected chi connectivity index (χ3v) is 4.28. The minimum atomic E-state index is -0.555. The minimum absolute atomic E-state index is 0.00817. The first-order chi connectivity index (χ1) is 13.9. The van der Waals surface area contributed by atoms with Gasteiger partial charge in [0.25, 0.3) is 11.6 Å². The molecule has 1 aromatic heterocycles. The summed E-state index contributed by atoms with van der Waals surface area (Å²) in [6.45, 7) is 3.59. The normalized spacial score (nSPS) is 11.0. The Kier molecular flexibility index (Phi) is 5.56. The molecule has 0 unspecified atom stereocenters. The monoisotopic (exact) mass is 387 g/mol. The van der Waals surface area contributed by atoms with E-state index in [1.54, 1.807) is 43.3 Å². The number of nitrogens with zero attached hydrogens (tertiary/aromatic N) is 2. The summed E-state index contributed by atoms with van der Waals surface area (Å²) in [7, 11) is 0. The second-order valence-electron chi connectivity index (χ2n) is 6.45. The van der Waals surface area contributed by atoms with E-state index in [0.29, 0.717) is 28.3 Å². The fraction of sp³-hybridized carbons (Fsp3) is 0.0909. The van der Waals surface area contributed by atoms with Crippen LogP contribution >= 0.6 is 0 Å². The van der Waals surface area contributed by atoms with E-state index in [1.807, 2.05) is 25.1 Å². The predicted octanol–water partition coefficient (Wildman–Crippen LogP) is 5.02. The van der Waals surface area contributed by atoms with E-state index in [0.717, 1.165) is 5.56 Å². The second kappa shape index (κ2) is 8.23. The largest absolute Gasteiger partial charge is 0.457 e. The van der Waals surface area contributed by atoms with Crippen LogP contribution in [0.1, 0.15) is 16.9 Å². The van der Waals surface area contributed by atoms with Gasteiger partial charge in [-0.15, -0.1) is 0 Å². The van der Waals surface area contributed by atoms with E-state index in [2.05, 4.69) is 5.32 Å². The maximum atomic E-state index is 12.3. The lowest BCUT2D eigenvalue weighted by molar-refractivity contribution is -0.385. The summed E-state index contributed by atoms with van der Waals surface area (Å²) in [4.78, 5) is 23.0. The average Bonchev–Trinajstić information content (AvgIpc) is 3.16. The quantitative estimate of drug-likeness (QED) is 0.286. The van der Waals surface area contributed by atoms with Crippen LogP contribution in [0.15, 0.2) is 64.6 Å². The number of furan rings is 1. The molecule has 29 heavy (non-hydrogen) atoms. The number of aryl methyl sites for hydroxylation is 2. The first-order valence-corrected chi connectivity index (χ1v) is 8.72. The number of benzene rings is 2. The maximum absolute atomic E-state index is 12.3. The van der Waals surface area contributed by atoms with Gasteiger partial charge in [-0.1, -0.05) is 29.8 Å². The van der Waals surface area contributed by atoms with Gasteiger partial charge in [0.05, 0.1) is 4.92 Å². The van der Waals surface area contributed by atoms with Crippen molar-refractivity contribution < 1.29 is 14.1 Å². The lowest BCUT2D eigenvalue weighted by Crippen LogP contribution is -2.13. The van der Waals surface area contributed by atoms with Crippen LogP contribution < -0.4 is 5.32 Å². The smallest absolute Gasteiger partial charge is 0.273 e. The molecule has 7 heteroatoms. The molecule has 0 fully saturated rings. The zero-order valence-electron chi connectivity index (χ0n) is 15.8. The molecule has 3 rings (SSSR count). The molecule has 7 nitrogen and oxygen atoms in total. The number of nitrogens with one attached hydrogen (secondary N) is 1. The Balaban J connectivity index is 1.83. The van der Waals surface area contributed by atoms with Crippen LogP contribution in [-0.2, 0) is 4.79 Å². The number of nitro groups is 1. The summed E-state index contributed by atoms with van der Waals surface area (Å²) >= 11 is 0. The second-order valence-corrected chi connectivity index (χ2v) is 6.45. The highest BCUT2D eigenvalue weighted by Crippen LogP contribution is 2.28. The fourth-order valence-corrected chi connectivity index (χ4v) is 2.67. The number of amides is 1. The van der Waals surface area contributed by atoms with E-state index in [4.69, 9.17) is 4.42 Å². The summed E-state index contributed by atoms with van der Waals surface area (Å²) in [6.07, 6.45) is 1.33. The van der Waals surface area contributed by atoms with Crippen LogP contribution in [0.3, 0.4) is 0 Å². The van der Waals surface area contributed by atoms with Crippen LogP contribution in [0.5, 0.6) is 0 Å². The maximum Gasteiger partial charge on any atom is 0.273 e. The van der Waals surface area contributed by atoms with Crippen LogP contribution in [0.2, 0.25) is 0 Å². The first-order valence-electron chi connectivity index (χ1n) is 8.72. The number of carbonyl (C=O) groups is 1. The molecule has 0 bridgehead atoms. The van der Waals surface area contributed by atoms with Gasteiger partial charge in [-0.05, 0) is 38.1 Å². The first kappa shape index (κ1) is 19.6. The molecule has 0 atom stereocenters. The minimum Gasteiger partial charge on any atom is -0.457 e. The Morgan fingerprint density at radius 3 is 2.52 bits per heavy atom. The standard InChI is InChI=1S/C22H17N3O4/c1-14-3-7-18(8-4-14)24-22(26)17(13-23)11-19-9-10-21(29-19)16-6-5-15(2)20(12-16)25(27)28/h3-12H,1-2H3,(H,24,26)/b17-11+. The van der Waals surface area contributed by atoms with Crippen molar-refractivity contribution in [3.63, 3.8) is 0 Å². The number of nitriles is 1. The van der Waals surface area contributed by atoms with Gasteiger partial charge in [0.1, 0.15) is 23.2 Å². The number of hydrogen-bond acceptors (Lipinski definition) is 5. The van der Waals surface area contributed by atoms with Gasteiger partial charge in [-0.25, -0.2) is 0 Å². The molecule has 3 aromatic rings. The lowest BCUT2D eigenvalue weighted by atomic mass is 10.1. The number of carbonyl (C=O) groups excluding carboxylic acids is 1. The molecule has 1 N–H and O–H groups in total. The van der Waals surface area contributed by atoms with Gasteiger partial charge >= 0.3 is 0 Å². The molecule has 0 aliphatic carbocycles. The summed E-state index contributed by atoms with van der Waals surface area (Å²) in [5.41, 5.74) is 2.58. The van der Waals surface area contributed by atoms with Crippen molar-refractivity contribution in [1.29, 1.82) is 5.26 Å². The Bertz CT molecular complexity index is 1150. The van der Waals surface area contributed by atoms with Crippen LogP contribution in [-0.4, -0.2) is 10.8 Å². The van der Waals surface area contributed by atoms with Gasteiger partial charge in [0.15, 0.2) is 0 Å². The van der Waals surface area contributed by atoms with Crippen molar-refractivity contribution in [2.24, 2.45) is 0 Å². The number of anilines is 1. The topological polar surface area (TPSA) is 109 Å². The fourth-order valence-electron chi connectivity index (χ4n) is 2.67. The molecule has 0 aliphatic rings. The third kappa shape index (κ3) is 4.57. The van der Waals surface area contributed by atoms with Crippen molar-refractivity contribution in [3.05, 3.63) is 87.2 Å². The molecular weight excluding hydrogens is 370 g/mol. The summed E-state index contributed by atoms with van der Waals surface area (Å²) in [6, 6.07) is 17.1. The van der Waals surface area contributed by atoms with Gasteiger partial charge < -0.3 is 9.73 Å². The summed E-state index contributed by atoms with van der Waals surface area (Å²) in [5.74, 6) is 0.134. The molecule has 1 amide bonds. The van der Waals surface area contributed by atoms with Crippen molar-refractivity contribution in [2.45, 2.75) is 13.8 Å². The summed E-state index contributed by atoms with van der Waals surface area (Å²) < 4.78 is 5.66. The Morgan fingerprint density at radius 1 is 1.14 bits per heavy atom. The lowest BCUT2D eigenvalue weighted by Gasteiger charge is -2.04. The van der Waals surface area contributed by atoms with E-state index in [9.17, 15) is 20.2 Å². The van der Waals surface area contributed by atoms with Crippen LogP contribution in [0.4, 0.5) is 11.4 Å². The molecule has 1 heterocycles. The third-order valence-electron chi connectivity index (χ3n) is 4.28. The molecule has 0 spiro atoms. The SMILES string of the molecule is Cc1ccc(NC(=O)/C(C#N)=C/c2ccc(-c3ccc(C)c([N+](=O)[O-])c3)o2)cc1. The van der Waals surface area contributed by atoms with E-state index in [1.165, 1.54) is 12.1 Å². The van der Waals surface area contributed by atoms with Crippen molar-refractivity contribution in [2.75, 3.05) is 5.32 Å². The average molecular weight is 387 g/mol. The van der Waals surface area contributed by atoms with Gasteiger partial charge in [-0.2, -0.15) is 5.26 Å². The zero-order chi connectivity index (χ0) is 21.0. The number of rotatable bonds is 5. The molecule has 0 radical (unpaired) electrons. The molecule has 0 aliphatic heterocycles. The van der Waals surface area contributed by atoms with E-state index < -0.39 is 10.8 Å². The van der Waals surface area contributed by atoms with Gasteiger partial charge in [0, 0.05) is 29.0 Å². The molecule has 0 saturated heterocycles. The zero-order valence-corrected chi connectivity index (χ0v) is 15.8. The highest BCUT2D eigenvalue weighted by Gasteiger charge is 2.15. The Hall–Kier alpha value is -4.18. The summed E-state index contributed by atoms with van der Waals surface area (Å²) in [5, 5.41) is 23.1. The Labute approximate surface area is 167 Å². The van der Waals surface area contributed by atoms with Crippen LogP contribution in [0.25, 0.3) is 17.4 Å². The number of hydrogen-bond donors (Lipinski definition) is 1. The van der Waals surface area contributed by atoms with E-state index >= 15 is 0 Å². The Morgan fingerprint density at radius 2 is 1.86 bits per heavy atom. The van der Waals surface area contributed by atoms with Gasteiger partial charge in [-0.3, -0.25) is 14.9 Å². The number of nitro benzene ring substituents is 1. The van der Waals surface area contributed by atoms with Crippen LogP contribution in [0, 0.1) is 35.3 Å².